The topological polar surface area (TPSA) is 58.1 Å². The second-order valence-corrected chi connectivity index (χ2v) is 5.88. The highest BCUT2D eigenvalue weighted by molar-refractivity contribution is 6.03. The predicted molar refractivity (Wildman–Crippen MR) is 101 cm³/mol. The Balaban J connectivity index is 1.75. The zero-order chi connectivity index (χ0) is 20.1. The summed E-state index contributed by atoms with van der Waals surface area (Å²) in [6, 6.07) is 14.0. The molecule has 1 N–H and O–H groups in total. The third-order valence-corrected chi connectivity index (χ3v) is 3.97. The second kappa shape index (κ2) is 8.08. The number of amides is 1. The number of hydrogen-bond donors (Lipinski definition) is 1. The van der Waals surface area contributed by atoms with Crippen LogP contribution in [0, 0.1) is 0 Å². The molecule has 1 heterocycles. The largest absolute Gasteiger partial charge is 0.416 e. The molecular formula is C20H17F3N4O. The van der Waals surface area contributed by atoms with Gasteiger partial charge >= 0.3 is 6.18 Å². The van der Waals surface area contributed by atoms with Crippen molar-refractivity contribution in [2.75, 3.05) is 16.8 Å². The van der Waals surface area contributed by atoms with Crippen molar-refractivity contribution in [3.8, 4) is 0 Å². The van der Waals surface area contributed by atoms with Gasteiger partial charge in [-0.1, -0.05) is 24.3 Å². The molecule has 3 aromatic rings. The van der Waals surface area contributed by atoms with Gasteiger partial charge in [0.2, 0.25) is 5.95 Å². The Kier molecular flexibility index (Phi) is 5.58. The predicted octanol–water partition coefficient (Wildman–Crippen LogP) is 4.91. The lowest BCUT2D eigenvalue weighted by atomic mass is 10.2. The average molecular weight is 386 g/mol. The molecule has 0 radical (unpaired) electrons. The van der Waals surface area contributed by atoms with Crippen molar-refractivity contribution in [2.24, 2.45) is 0 Å². The quantitative estimate of drug-likeness (QED) is 0.677. The highest BCUT2D eigenvalue weighted by Gasteiger charge is 2.30. The van der Waals surface area contributed by atoms with Crippen molar-refractivity contribution in [3.05, 3.63) is 78.1 Å². The molecule has 0 unspecified atom stereocenters. The first kappa shape index (κ1) is 19.3. The third kappa shape index (κ3) is 4.46. The standard InChI is InChI=1S/C20H17F3N4O/c1-2-27(17-9-4-3-5-10-17)19-24-12-14(13-25-19)18(28)26-16-8-6-7-15(11-16)20(21,22)23/h3-13H,2H2,1H3,(H,26,28). The van der Waals surface area contributed by atoms with Gasteiger partial charge in [0.25, 0.3) is 5.91 Å². The first-order valence-corrected chi connectivity index (χ1v) is 8.51. The van der Waals surface area contributed by atoms with E-state index in [1.54, 1.807) is 0 Å². The smallest absolute Gasteiger partial charge is 0.322 e. The Labute approximate surface area is 159 Å². The molecule has 0 spiro atoms. The Bertz CT molecular complexity index is 944. The fraction of sp³-hybridized carbons (Fsp3) is 0.150. The number of nitrogens with one attached hydrogen (secondary N) is 1. The highest BCUT2D eigenvalue weighted by atomic mass is 19.4. The molecule has 1 amide bonds. The molecule has 0 saturated heterocycles. The Morgan fingerprint density at radius 1 is 1.04 bits per heavy atom. The van der Waals surface area contributed by atoms with Crippen molar-refractivity contribution in [2.45, 2.75) is 13.1 Å². The fourth-order valence-corrected chi connectivity index (χ4v) is 2.60. The number of nitrogens with zero attached hydrogens (tertiary/aromatic N) is 3. The number of anilines is 3. The van der Waals surface area contributed by atoms with E-state index < -0.39 is 17.6 Å². The minimum atomic E-state index is -4.48. The van der Waals surface area contributed by atoms with Gasteiger partial charge in [-0.2, -0.15) is 13.2 Å². The number of carbonyl (C=O) groups is 1. The zero-order valence-corrected chi connectivity index (χ0v) is 14.9. The van der Waals surface area contributed by atoms with Gasteiger partial charge in [-0.3, -0.25) is 4.79 Å². The molecule has 0 bridgehead atoms. The van der Waals surface area contributed by atoms with Gasteiger partial charge in [0, 0.05) is 30.3 Å². The molecule has 8 heteroatoms. The molecule has 2 aromatic carbocycles. The molecule has 3 rings (SSSR count). The van der Waals surface area contributed by atoms with Gasteiger partial charge in [-0.15, -0.1) is 0 Å². The highest BCUT2D eigenvalue weighted by Crippen LogP contribution is 2.30. The Hall–Kier alpha value is -3.42. The van der Waals surface area contributed by atoms with Crippen LogP contribution < -0.4 is 10.2 Å². The van der Waals surface area contributed by atoms with Gasteiger partial charge in [0.1, 0.15) is 0 Å². The third-order valence-electron chi connectivity index (χ3n) is 3.97. The van der Waals surface area contributed by atoms with Crippen LogP contribution in [-0.4, -0.2) is 22.4 Å². The number of aromatic nitrogens is 2. The molecule has 0 fully saturated rings. The number of carbonyl (C=O) groups excluding carboxylic acids is 1. The maximum Gasteiger partial charge on any atom is 0.416 e. The Morgan fingerprint density at radius 3 is 2.32 bits per heavy atom. The number of rotatable bonds is 5. The first-order chi connectivity index (χ1) is 13.4. The molecule has 28 heavy (non-hydrogen) atoms. The van der Waals surface area contributed by atoms with Gasteiger partial charge in [0.05, 0.1) is 11.1 Å². The van der Waals surface area contributed by atoms with E-state index in [1.807, 2.05) is 42.2 Å². The maximum absolute atomic E-state index is 12.8. The van der Waals surface area contributed by atoms with E-state index in [2.05, 4.69) is 15.3 Å². The van der Waals surface area contributed by atoms with Gasteiger partial charge in [0.15, 0.2) is 0 Å². The maximum atomic E-state index is 12.8. The van der Waals surface area contributed by atoms with Crippen molar-refractivity contribution in [1.29, 1.82) is 0 Å². The van der Waals surface area contributed by atoms with Crippen molar-refractivity contribution in [1.82, 2.24) is 9.97 Å². The number of benzene rings is 2. The monoisotopic (exact) mass is 386 g/mol. The fourth-order valence-electron chi connectivity index (χ4n) is 2.60. The zero-order valence-electron chi connectivity index (χ0n) is 14.9. The van der Waals surface area contributed by atoms with Gasteiger partial charge in [-0.25, -0.2) is 9.97 Å². The molecule has 5 nitrogen and oxygen atoms in total. The van der Waals surface area contributed by atoms with Crippen LogP contribution in [-0.2, 0) is 6.18 Å². The normalized spacial score (nSPS) is 11.1. The van der Waals surface area contributed by atoms with E-state index in [-0.39, 0.29) is 11.3 Å². The molecule has 0 aliphatic carbocycles. The van der Waals surface area contributed by atoms with Crippen LogP contribution in [0.3, 0.4) is 0 Å². The molecule has 0 aliphatic rings. The van der Waals surface area contributed by atoms with E-state index in [1.165, 1.54) is 24.5 Å². The minimum Gasteiger partial charge on any atom is -0.322 e. The second-order valence-electron chi connectivity index (χ2n) is 5.88. The van der Waals surface area contributed by atoms with E-state index in [4.69, 9.17) is 0 Å². The van der Waals surface area contributed by atoms with Crippen LogP contribution in [0.25, 0.3) is 0 Å². The Morgan fingerprint density at radius 2 is 1.71 bits per heavy atom. The van der Waals surface area contributed by atoms with E-state index >= 15 is 0 Å². The molecule has 144 valence electrons. The summed E-state index contributed by atoms with van der Waals surface area (Å²) in [6.45, 7) is 2.57. The lowest BCUT2D eigenvalue weighted by molar-refractivity contribution is -0.137. The van der Waals surface area contributed by atoms with Crippen molar-refractivity contribution >= 4 is 23.2 Å². The number of halogens is 3. The lowest BCUT2D eigenvalue weighted by Crippen LogP contribution is -2.20. The van der Waals surface area contributed by atoms with Crippen LogP contribution in [0.5, 0.6) is 0 Å². The number of alkyl halides is 3. The van der Waals surface area contributed by atoms with Gasteiger partial charge in [-0.05, 0) is 37.3 Å². The summed E-state index contributed by atoms with van der Waals surface area (Å²) in [5, 5.41) is 2.43. The summed E-state index contributed by atoms with van der Waals surface area (Å²) >= 11 is 0. The van der Waals surface area contributed by atoms with Gasteiger partial charge < -0.3 is 10.2 Å². The lowest BCUT2D eigenvalue weighted by Gasteiger charge is -2.20. The average Bonchev–Trinajstić information content (AvgIpc) is 2.69. The summed E-state index contributed by atoms with van der Waals surface area (Å²) < 4.78 is 38.4. The number of para-hydroxylation sites is 1. The summed E-state index contributed by atoms with van der Waals surface area (Å²) in [7, 11) is 0. The summed E-state index contributed by atoms with van der Waals surface area (Å²) in [6.07, 6.45) is -1.79. The van der Waals surface area contributed by atoms with Crippen LogP contribution in [0.4, 0.5) is 30.5 Å². The molecular weight excluding hydrogens is 369 g/mol. The first-order valence-electron chi connectivity index (χ1n) is 8.51. The summed E-state index contributed by atoms with van der Waals surface area (Å²) in [5.74, 6) is -0.169. The van der Waals surface area contributed by atoms with Crippen molar-refractivity contribution < 1.29 is 18.0 Å². The van der Waals surface area contributed by atoms with E-state index in [0.29, 0.717) is 12.5 Å². The van der Waals surface area contributed by atoms with Crippen LogP contribution in [0.15, 0.2) is 67.0 Å². The summed E-state index contributed by atoms with van der Waals surface area (Å²) in [5.41, 5.74) is 0.262. The van der Waals surface area contributed by atoms with Crippen LogP contribution in [0.2, 0.25) is 0 Å². The van der Waals surface area contributed by atoms with E-state index in [0.717, 1.165) is 17.8 Å². The number of hydrogen-bond acceptors (Lipinski definition) is 4. The SMILES string of the molecule is CCN(c1ccccc1)c1ncc(C(=O)Nc2cccc(C(F)(F)F)c2)cn1. The summed E-state index contributed by atoms with van der Waals surface area (Å²) in [4.78, 5) is 22.6. The minimum absolute atomic E-state index is 0.0448. The molecule has 0 aliphatic heterocycles. The van der Waals surface area contributed by atoms with Crippen LogP contribution in [0.1, 0.15) is 22.8 Å². The molecule has 1 aromatic heterocycles. The molecule has 0 atom stereocenters. The van der Waals surface area contributed by atoms with Crippen molar-refractivity contribution in [3.63, 3.8) is 0 Å². The van der Waals surface area contributed by atoms with Crippen LogP contribution >= 0.6 is 0 Å². The molecule has 0 saturated carbocycles. The van der Waals surface area contributed by atoms with E-state index in [9.17, 15) is 18.0 Å².